The van der Waals surface area contributed by atoms with Gasteiger partial charge < -0.3 is 4.74 Å². The molecule has 1 aliphatic rings. The molecule has 0 bridgehead atoms. The number of para-hydroxylation sites is 1. The van der Waals surface area contributed by atoms with E-state index in [1.807, 2.05) is 12.1 Å². The Morgan fingerprint density at radius 1 is 1.17 bits per heavy atom. The summed E-state index contributed by atoms with van der Waals surface area (Å²) in [7, 11) is 0. The molecular formula is C16H12F3N3O. The van der Waals surface area contributed by atoms with Gasteiger partial charge in [-0.25, -0.2) is 0 Å². The van der Waals surface area contributed by atoms with Gasteiger partial charge in [0.05, 0.1) is 12.1 Å². The Morgan fingerprint density at radius 2 is 1.91 bits per heavy atom. The molecule has 2 aromatic rings. The maximum atomic E-state index is 12.6. The Bertz CT molecular complexity index is 765. The molecule has 1 atom stereocenters. The maximum Gasteiger partial charge on any atom is 0.416 e. The first kappa shape index (κ1) is 15.2. The molecule has 1 unspecified atom stereocenters. The van der Waals surface area contributed by atoms with Crippen LogP contribution in [0.5, 0.6) is 5.75 Å². The monoisotopic (exact) mass is 319 g/mol. The van der Waals surface area contributed by atoms with Gasteiger partial charge in [-0.2, -0.15) is 13.2 Å². The maximum absolute atomic E-state index is 12.6. The highest BCUT2D eigenvalue weighted by Crippen LogP contribution is 2.39. The van der Waals surface area contributed by atoms with E-state index < -0.39 is 11.7 Å². The molecule has 4 nitrogen and oxygen atoms in total. The SMILES string of the molecule is [N-]=[N+]=NCC1Cc2cccc(-c3ccc(C(F)(F)F)cc3)c2O1. The second-order valence-electron chi connectivity index (χ2n) is 5.23. The first-order valence-electron chi connectivity index (χ1n) is 6.96. The van der Waals surface area contributed by atoms with Crippen LogP contribution in [0.2, 0.25) is 0 Å². The molecule has 0 fully saturated rings. The molecule has 3 rings (SSSR count). The topological polar surface area (TPSA) is 58.0 Å². The van der Waals surface area contributed by atoms with Crippen LogP contribution in [-0.4, -0.2) is 12.6 Å². The first-order valence-corrected chi connectivity index (χ1v) is 6.96. The molecular weight excluding hydrogens is 307 g/mol. The van der Waals surface area contributed by atoms with Gasteiger partial charge in [0, 0.05) is 16.9 Å². The molecule has 0 N–H and O–H groups in total. The summed E-state index contributed by atoms with van der Waals surface area (Å²) >= 11 is 0. The fraction of sp³-hybridized carbons (Fsp3) is 0.250. The number of fused-ring (bicyclic) bond motifs is 1. The van der Waals surface area contributed by atoms with Crippen LogP contribution in [0.25, 0.3) is 21.6 Å². The summed E-state index contributed by atoms with van der Waals surface area (Å²) < 4.78 is 43.7. The Hall–Kier alpha value is -2.66. The summed E-state index contributed by atoms with van der Waals surface area (Å²) in [4.78, 5) is 2.71. The number of azide groups is 1. The van der Waals surface area contributed by atoms with Crippen molar-refractivity contribution in [2.45, 2.75) is 18.7 Å². The number of halogens is 3. The molecule has 1 aliphatic heterocycles. The van der Waals surface area contributed by atoms with Crippen LogP contribution in [0, 0.1) is 0 Å². The molecule has 23 heavy (non-hydrogen) atoms. The summed E-state index contributed by atoms with van der Waals surface area (Å²) in [5.41, 5.74) is 10.0. The van der Waals surface area contributed by atoms with E-state index in [-0.39, 0.29) is 12.6 Å². The van der Waals surface area contributed by atoms with Gasteiger partial charge >= 0.3 is 6.18 Å². The number of ether oxygens (including phenoxy) is 1. The first-order chi connectivity index (χ1) is 11.0. The van der Waals surface area contributed by atoms with Crippen molar-refractivity contribution >= 4 is 0 Å². The quantitative estimate of drug-likeness (QED) is 0.447. The summed E-state index contributed by atoms with van der Waals surface area (Å²) in [6.07, 6.45) is -3.98. The third kappa shape index (κ3) is 3.10. The average molecular weight is 319 g/mol. The number of nitrogens with zero attached hydrogens (tertiary/aromatic N) is 3. The van der Waals surface area contributed by atoms with Crippen LogP contribution in [0.3, 0.4) is 0 Å². The van der Waals surface area contributed by atoms with Crippen molar-refractivity contribution in [2.75, 3.05) is 6.54 Å². The minimum absolute atomic E-state index is 0.220. The van der Waals surface area contributed by atoms with E-state index in [9.17, 15) is 13.2 Å². The smallest absolute Gasteiger partial charge is 0.416 e. The molecule has 0 spiro atoms. The van der Waals surface area contributed by atoms with E-state index in [0.717, 1.165) is 23.3 Å². The fourth-order valence-electron chi connectivity index (χ4n) is 2.63. The van der Waals surface area contributed by atoms with Crippen LogP contribution in [0.1, 0.15) is 11.1 Å². The van der Waals surface area contributed by atoms with Crippen LogP contribution in [-0.2, 0) is 12.6 Å². The van der Waals surface area contributed by atoms with Gasteiger partial charge in [-0.3, -0.25) is 0 Å². The Balaban J connectivity index is 1.91. The van der Waals surface area contributed by atoms with Crippen molar-refractivity contribution in [1.82, 2.24) is 0 Å². The van der Waals surface area contributed by atoms with Crippen LogP contribution in [0.4, 0.5) is 13.2 Å². The minimum atomic E-state index is -4.35. The highest BCUT2D eigenvalue weighted by Gasteiger charge is 2.30. The predicted octanol–water partition coefficient (Wildman–Crippen LogP) is 4.99. The number of alkyl halides is 3. The molecule has 118 valence electrons. The largest absolute Gasteiger partial charge is 0.489 e. The Morgan fingerprint density at radius 3 is 2.57 bits per heavy atom. The lowest BCUT2D eigenvalue weighted by Gasteiger charge is -2.12. The predicted molar refractivity (Wildman–Crippen MR) is 79.0 cm³/mol. The normalized spacial score (nSPS) is 16.4. The summed E-state index contributed by atoms with van der Waals surface area (Å²) in [5.74, 6) is 0.644. The lowest BCUT2D eigenvalue weighted by atomic mass is 9.99. The third-order valence-corrected chi connectivity index (χ3v) is 3.70. The third-order valence-electron chi connectivity index (χ3n) is 3.70. The summed E-state index contributed by atoms with van der Waals surface area (Å²) in [6.45, 7) is 0.220. The van der Waals surface area contributed by atoms with Crippen molar-refractivity contribution in [1.29, 1.82) is 0 Å². The zero-order valence-corrected chi connectivity index (χ0v) is 11.9. The number of benzene rings is 2. The second-order valence-corrected chi connectivity index (χ2v) is 5.23. The van der Waals surface area contributed by atoms with Gasteiger partial charge in [0.15, 0.2) is 0 Å². The van der Waals surface area contributed by atoms with Gasteiger partial charge in [0.25, 0.3) is 0 Å². The van der Waals surface area contributed by atoms with Gasteiger partial charge in [0.2, 0.25) is 0 Å². The molecule has 1 heterocycles. The van der Waals surface area contributed by atoms with Crippen molar-refractivity contribution in [3.8, 4) is 16.9 Å². The Kier molecular flexibility index (Phi) is 3.88. The summed E-state index contributed by atoms with van der Waals surface area (Å²) in [6, 6.07) is 10.5. The molecule has 2 aromatic carbocycles. The van der Waals surface area contributed by atoms with Crippen molar-refractivity contribution in [2.24, 2.45) is 5.11 Å². The molecule has 0 amide bonds. The van der Waals surface area contributed by atoms with Crippen molar-refractivity contribution in [3.63, 3.8) is 0 Å². The Labute approximate surface area is 130 Å². The lowest BCUT2D eigenvalue weighted by Crippen LogP contribution is -2.16. The molecule has 0 radical (unpaired) electrons. The highest BCUT2D eigenvalue weighted by atomic mass is 19.4. The van der Waals surface area contributed by atoms with E-state index >= 15 is 0 Å². The zero-order chi connectivity index (χ0) is 16.4. The highest BCUT2D eigenvalue weighted by molar-refractivity contribution is 5.73. The molecule has 0 saturated heterocycles. The van der Waals surface area contributed by atoms with Gasteiger partial charge in [-0.1, -0.05) is 35.4 Å². The van der Waals surface area contributed by atoms with E-state index in [1.165, 1.54) is 12.1 Å². The summed E-state index contributed by atoms with van der Waals surface area (Å²) in [5, 5.41) is 3.51. The number of rotatable bonds is 3. The lowest BCUT2D eigenvalue weighted by molar-refractivity contribution is -0.137. The number of hydrogen-bond acceptors (Lipinski definition) is 2. The van der Waals surface area contributed by atoms with Crippen molar-refractivity contribution < 1.29 is 17.9 Å². The van der Waals surface area contributed by atoms with E-state index in [2.05, 4.69) is 10.0 Å². The minimum Gasteiger partial charge on any atom is -0.489 e. The molecule has 0 aromatic heterocycles. The van der Waals surface area contributed by atoms with Crippen LogP contribution >= 0.6 is 0 Å². The molecule has 7 heteroatoms. The average Bonchev–Trinajstić information content (AvgIpc) is 2.95. The van der Waals surface area contributed by atoms with Crippen LogP contribution < -0.4 is 4.74 Å². The van der Waals surface area contributed by atoms with Crippen LogP contribution in [0.15, 0.2) is 47.6 Å². The molecule has 0 saturated carbocycles. The molecule has 0 aliphatic carbocycles. The standard InChI is InChI=1S/C16H12F3N3O/c17-16(18,19)12-6-4-10(5-7-12)14-3-1-2-11-8-13(9-21-22-20)23-15(11)14/h1-7,13H,8-9H2. The fourth-order valence-corrected chi connectivity index (χ4v) is 2.63. The zero-order valence-electron chi connectivity index (χ0n) is 11.9. The van der Waals surface area contributed by atoms with E-state index in [1.54, 1.807) is 6.07 Å². The second kappa shape index (κ2) is 5.85. The van der Waals surface area contributed by atoms with E-state index in [4.69, 9.17) is 10.3 Å². The van der Waals surface area contributed by atoms with Crippen molar-refractivity contribution in [3.05, 3.63) is 64.0 Å². The van der Waals surface area contributed by atoms with Gasteiger partial charge in [-0.15, -0.1) is 0 Å². The van der Waals surface area contributed by atoms with Gasteiger partial charge in [-0.05, 0) is 28.8 Å². The van der Waals surface area contributed by atoms with Gasteiger partial charge in [0.1, 0.15) is 11.9 Å². The van der Waals surface area contributed by atoms with E-state index in [0.29, 0.717) is 17.7 Å². The number of hydrogen-bond donors (Lipinski definition) is 0.